The Balaban J connectivity index is 2.11. The largest absolute Gasteiger partial charge is 0.293 e. The van der Waals surface area contributed by atoms with Gasteiger partial charge in [-0.3, -0.25) is 9.78 Å². The summed E-state index contributed by atoms with van der Waals surface area (Å²) in [6.45, 7) is 0. The second kappa shape index (κ2) is 4.68. The van der Waals surface area contributed by atoms with E-state index in [2.05, 4.69) is 20.9 Å². The highest BCUT2D eigenvalue weighted by Crippen LogP contribution is 2.21. The minimum absolute atomic E-state index is 0.138. The van der Waals surface area contributed by atoms with Gasteiger partial charge >= 0.3 is 0 Å². The maximum Gasteiger partial charge on any atom is 0.177 e. The van der Waals surface area contributed by atoms with E-state index in [9.17, 15) is 4.79 Å². The molecule has 2 aromatic heterocycles. The van der Waals surface area contributed by atoms with Crippen molar-refractivity contribution < 1.29 is 4.79 Å². The Hall–Kier alpha value is -1.000. The van der Waals surface area contributed by atoms with Gasteiger partial charge in [0.1, 0.15) is 0 Å². The van der Waals surface area contributed by atoms with Crippen molar-refractivity contribution in [1.82, 2.24) is 4.98 Å². The number of halogens is 1. The molecule has 0 atom stereocenters. The average Bonchev–Trinajstić information content (AvgIpc) is 2.66. The van der Waals surface area contributed by atoms with Gasteiger partial charge in [0, 0.05) is 28.7 Å². The quantitative estimate of drug-likeness (QED) is 0.808. The summed E-state index contributed by atoms with van der Waals surface area (Å²) in [6, 6.07) is 5.60. The second-order valence-corrected chi connectivity index (χ2v) is 4.92. The number of ketones is 1. The van der Waals surface area contributed by atoms with Crippen molar-refractivity contribution in [1.29, 1.82) is 0 Å². The average molecular weight is 282 g/mol. The lowest BCUT2D eigenvalue weighted by Crippen LogP contribution is -2.01. The van der Waals surface area contributed by atoms with Gasteiger partial charge < -0.3 is 0 Å². The smallest absolute Gasteiger partial charge is 0.177 e. The molecule has 0 aliphatic carbocycles. The number of pyridine rings is 1. The van der Waals surface area contributed by atoms with Gasteiger partial charge in [0.25, 0.3) is 0 Å². The van der Waals surface area contributed by atoms with Crippen molar-refractivity contribution in [3.63, 3.8) is 0 Å². The van der Waals surface area contributed by atoms with Crippen LogP contribution in [0.2, 0.25) is 0 Å². The van der Waals surface area contributed by atoms with Crippen LogP contribution in [0.15, 0.2) is 40.4 Å². The number of nitrogens with zero attached hydrogens (tertiary/aromatic N) is 1. The highest BCUT2D eigenvalue weighted by atomic mass is 79.9. The fourth-order valence-corrected chi connectivity index (χ4v) is 2.60. The summed E-state index contributed by atoms with van der Waals surface area (Å²) < 4.78 is 0.960. The van der Waals surface area contributed by atoms with E-state index in [-0.39, 0.29) is 5.78 Å². The highest BCUT2D eigenvalue weighted by molar-refractivity contribution is 9.10. The summed E-state index contributed by atoms with van der Waals surface area (Å²) in [5.74, 6) is 0.138. The zero-order valence-corrected chi connectivity index (χ0v) is 10.2. The predicted octanol–water partition coefficient (Wildman–Crippen LogP) is 3.33. The molecule has 0 saturated heterocycles. The molecule has 0 bridgehead atoms. The van der Waals surface area contributed by atoms with Crippen LogP contribution in [0, 0.1) is 0 Å². The maximum absolute atomic E-state index is 11.8. The van der Waals surface area contributed by atoms with E-state index in [0.717, 1.165) is 14.9 Å². The van der Waals surface area contributed by atoms with Crippen LogP contribution in [0.5, 0.6) is 0 Å². The maximum atomic E-state index is 11.8. The van der Waals surface area contributed by atoms with Crippen LogP contribution in [-0.4, -0.2) is 10.8 Å². The molecule has 76 valence electrons. The first kappa shape index (κ1) is 10.5. The Morgan fingerprint density at radius 1 is 1.53 bits per heavy atom. The summed E-state index contributed by atoms with van der Waals surface area (Å²) in [5, 5.41) is 1.91. The molecular weight excluding hydrogens is 274 g/mol. The normalized spacial score (nSPS) is 10.2. The van der Waals surface area contributed by atoms with Gasteiger partial charge in [-0.2, -0.15) is 0 Å². The predicted molar refractivity (Wildman–Crippen MR) is 64.3 cm³/mol. The Bertz CT molecular complexity index is 466. The van der Waals surface area contributed by atoms with Gasteiger partial charge in [-0.15, -0.1) is 11.3 Å². The molecule has 2 aromatic rings. The molecule has 4 heteroatoms. The molecule has 0 aromatic carbocycles. The first-order valence-corrected chi connectivity index (χ1v) is 6.09. The molecule has 0 saturated carbocycles. The number of carbonyl (C=O) groups excluding carboxylic acids is 1. The molecule has 2 nitrogen and oxygen atoms in total. The van der Waals surface area contributed by atoms with E-state index in [1.54, 1.807) is 12.4 Å². The molecule has 2 rings (SSSR count). The molecule has 0 amide bonds. The minimum atomic E-state index is 0.138. The molecule has 0 radical (unpaired) electrons. The number of thiophene rings is 1. The Morgan fingerprint density at radius 3 is 3.00 bits per heavy atom. The Kier molecular flexibility index (Phi) is 3.28. The third kappa shape index (κ3) is 2.73. The molecule has 0 aliphatic heterocycles. The third-order valence-corrected chi connectivity index (χ3v) is 3.66. The number of aromatic nitrogens is 1. The summed E-state index contributed by atoms with van der Waals surface area (Å²) in [6.07, 6.45) is 3.84. The molecule has 15 heavy (non-hydrogen) atoms. The zero-order valence-electron chi connectivity index (χ0n) is 7.81. The number of rotatable bonds is 3. The molecule has 0 fully saturated rings. The Labute approximate surface area is 100 Å². The van der Waals surface area contributed by atoms with Crippen molar-refractivity contribution in [2.75, 3.05) is 0 Å². The van der Waals surface area contributed by atoms with E-state index < -0.39 is 0 Å². The van der Waals surface area contributed by atoms with Gasteiger partial charge in [-0.05, 0) is 33.6 Å². The molecule has 2 heterocycles. The third-order valence-electron chi connectivity index (χ3n) is 1.93. The van der Waals surface area contributed by atoms with Crippen molar-refractivity contribution in [2.24, 2.45) is 0 Å². The number of Topliss-reactive ketones (excluding diaryl/α,β-unsaturated/α-hetero) is 1. The first-order valence-electron chi connectivity index (χ1n) is 4.42. The van der Waals surface area contributed by atoms with Crippen molar-refractivity contribution in [3.05, 3.63) is 50.9 Å². The number of hydrogen-bond acceptors (Lipinski definition) is 3. The molecule has 0 unspecified atom stereocenters. The first-order chi connectivity index (χ1) is 7.25. The topological polar surface area (TPSA) is 30.0 Å². The van der Waals surface area contributed by atoms with Crippen LogP contribution in [0.4, 0.5) is 0 Å². The molecule has 0 N–H and O–H groups in total. The van der Waals surface area contributed by atoms with Gasteiger partial charge in [0.05, 0.1) is 4.88 Å². The fraction of sp³-hybridized carbons (Fsp3) is 0.0909. The number of hydrogen-bond donors (Lipinski definition) is 0. The van der Waals surface area contributed by atoms with Crippen molar-refractivity contribution in [3.8, 4) is 0 Å². The fourth-order valence-electron chi connectivity index (χ4n) is 1.23. The van der Waals surface area contributed by atoms with Crippen LogP contribution < -0.4 is 0 Å². The second-order valence-electron chi connectivity index (χ2n) is 3.09. The van der Waals surface area contributed by atoms with Gasteiger partial charge in [0.2, 0.25) is 0 Å². The lowest BCUT2D eigenvalue weighted by atomic mass is 10.1. The van der Waals surface area contributed by atoms with Gasteiger partial charge in [0.15, 0.2) is 5.78 Å². The molecular formula is C11H8BrNOS. The van der Waals surface area contributed by atoms with Gasteiger partial charge in [-0.1, -0.05) is 6.07 Å². The summed E-state index contributed by atoms with van der Waals surface area (Å²) in [5.41, 5.74) is 0.951. The standard InChI is InChI=1S/C11H8BrNOS/c12-9-5-11(15-7-9)10(14)4-8-2-1-3-13-6-8/h1-3,5-7H,4H2. The summed E-state index contributed by atoms with van der Waals surface area (Å²) >= 11 is 4.79. The zero-order chi connectivity index (χ0) is 10.7. The molecule has 0 aliphatic rings. The summed E-state index contributed by atoms with van der Waals surface area (Å²) in [7, 11) is 0. The highest BCUT2D eigenvalue weighted by Gasteiger charge is 2.09. The monoisotopic (exact) mass is 281 g/mol. The van der Waals surface area contributed by atoms with Crippen LogP contribution in [0.1, 0.15) is 15.2 Å². The lowest BCUT2D eigenvalue weighted by molar-refractivity contribution is 0.0996. The van der Waals surface area contributed by atoms with Crippen LogP contribution in [0.25, 0.3) is 0 Å². The van der Waals surface area contributed by atoms with E-state index in [1.807, 2.05) is 23.6 Å². The van der Waals surface area contributed by atoms with E-state index in [4.69, 9.17) is 0 Å². The van der Waals surface area contributed by atoms with Crippen molar-refractivity contribution >= 4 is 33.0 Å². The van der Waals surface area contributed by atoms with E-state index in [1.165, 1.54) is 11.3 Å². The molecule has 0 spiro atoms. The number of carbonyl (C=O) groups is 1. The summed E-state index contributed by atoms with van der Waals surface area (Å²) in [4.78, 5) is 16.6. The van der Waals surface area contributed by atoms with Crippen LogP contribution in [0.3, 0.4) is 0 Å². The lowest BCUT2D eigenvalue weighted by Gasteiger charge is -1.97. The van der Waals surface area contributed by atoms with Crippen molar-refractivity contribution in [2.45, 2.75) is 6.42 Å². The van der Waals surface area contributed by atoms with Crippen LogP contribution in [-0.2, 0) is 6.42 Å². The minimum Gasteiger partial charge on any atom is -0.293 e. The Morgan fingerprint density at radius 2 is 2.40 bits per heavy atom. The SMILES string of the molecule is O=C(Cc1cccnc1)c1cc(Br)cs1. The van der Waals surface area contributed by atoms with E-state index in [0.29, 0.717) is 6.42 Å². The van der Waals surface area contributed by atoms with Gasteiger partial charge in [-0.25, -0.2) is 0 Å². The van der Waals surface area contributed by atoms with E-state index >= 15 is 0 Å². The van der Waals surface area contributed by atoms with Crippen LogP contribution >= 0.6 is 27.3 Å².